The Morgan fingerprint density at radius 2 is 1.56 bits per heavy atom. The van der Waals surface area contributed by atoms with Crippen LogP contribution in [0, 0.1) is 39.4 Å². The SMILES string of the molecule is BC(C)(C)C(C)(C)CC(C)(C(=O)NCC(C)O)C(C)(N)C(C)C(C(=O)NCCOCCOc1ccc(C(C)(C)OC(=O)n2ccc3c(-c4cnn(C5(CC#N)CN(S(=O)(=O)CC)C5)c4)ncnc32)cc1)C(C)(C)C(B)(C)C. The lowest BCUT2D eigenvalue weighted by Crippen LogP contribution is -2.67. The highest BCUT2D eigenvalue weighted by atomic mass is 32.2. The third-order valence-corrected chi connectivity index (χ3v) is 19.3. The molecule has 22 heteroatoms. The number of aliphatic hydroxyl groups is 1. The standard InChI is InChI=1S/C55H86B2N10O9S/c1-16-77(72,73)65-33-55(34-65,22-23-58)67-31-38(30-64-67)43-41-21-25-66(44(41)63-35-62-43)47(71)76-50(8,9)39-17-19-40(20-18-39)75-28-27-74-26-24-60-45(69)42(49(6,7)52(12,13)57)37(3)54(15,59)53(14,46(70)61-29-36(2)68)32-48(4,5)51(10,11)56/h17-21,25,30-31,35-37,42,68H,16,22,24,26-29,32-34,56-57,59H2,1-15H3,(H,60,69)(H,61,70). The number of nitrogens with one attached hydrogen (secondary N) is 2. The van der Waals surface area contributed by atoms with Crippen molar-refractivity contribution in [1.82, 2.24) is 39.3 Å². The monoisotopic (exact) mass is 1080 g/mol. The van der Waals surface area contributed by atoms with E-state index in [0.717, 1.165) is 0 Å². The zero-order valence-corrected chi connectivity index (χ0v) is 49.6. The number of nitriles is 1. The molecule has 2 amide bonds. The lowest BCUT2D eigenvalue weighted by atomic mass is 9.45. The third-order valence-electron chi connectivity index (χ3n) is 17.6. The third kappa shape index (κ3) is 13.2. The van der Waals surface area contributed by atoms with E-state index in [0.29, 0.717) is 40.0 Å². The van der Waals surface area contributed by atoms with E-state index in [-0.39, 0.29) is 86.0 Å². The first kappa shape index (κ1) is 62.5. The summed E-state index contributed by atoms with van der Waals surface area (Å²) < 4.78 is 47.2. The van der Waals surface area contributed by atoms with Crippen molar-refractivity contribution in [3.63, 3.8) is 0 Å². The number of sulfonamides is 1. The van der Waals surface area contributed by atoms with Crippen LogP contribution in [0.4, 0.5) is 4.79 Å². The summed E-state index contributed by atoms with van der Waals surface area (Å²) in [7, 11) is 0.851. The number of hydrogen-bond acceptors (Lipinski definition) is 14. The number of rotatable bonds is 26. The summed E-state index contributed by atoms with van der Waals surface area (Å²) >= 11 is 0. The molecule has 5 N–H and O–H groups in total. The lowest BCUT2D eigenvalue weighted by molar-refractivity contribution is -0.146. The van der Waals surface area contributed by atoms with Crippen molar-refractivity contribution in [1.29, 1.82) is 5.26 Å². The van der Waals surface area contributed by atoms with Gasteiger partial charge in [0.2, 0.25) is 21.8 Å². The minimum Gasteiger partial charge on any atom is -0.491 e. The Balaban J connectivity index is 1.17. The maximum absolute atomic E-state index is 14.5. The predicted molar refractivity (Wildman–Crippen MR) is 304 cm³/mol. The molecule has 1 saturated heterocycles. The largest absolute Gasteiger partial charge is 0.491 e. The van der Waals surface area contributed by atoms with Gasteiger partial charge >= 0.3 is 6.09 Å². The Kier molecular flexibility index (Phi) is 18.8. The number of fused-ring (bicyclic) bond motifs is 1. The van der Waals surface area contributed by atoms with Gasteiger partial charge < -0.3 is 35.7 Å². The van der Waals surface area contributed by atoms with Gasteiger partial charge in [0.15, 0.2) is 5.65 Å². The Morgan fingerprint density at radius 1 is 0.922 bits per heavy atom. The van der Waals surface area contributed by atoms with E-state index in [1.54, 1.807) is 69.2 Å². The smallest absolute Gasteiger partial charge is 0.420 e. The molecule has 1 aliphatic heterocycles. The molecule has 4 aromatic rings. The molecule has 3 aromatic heterocycles. The highest BCUT2D eigenvalue weighted by Gasteiger charge is 2.59. The highest BCUT2D eigenvalue weighted by molar-refractivity contribution is 7.89. The number of carbonyl (C=O) groups is 3. The molecule has 0 aliphatic carbocycles. The number of amides is 2. The van der Waals surface area contributed by atoms with Crippen molar-refractivity contribution in [3.8, 4) is 23.1 Å². The molecule has 19 nitrogen and oxygen atoms in total. The molecule has 77 heavy (non-hydrogen) atoms. The predicted octanol–water partition coefficient (Wildman–Crippen LogP) is 5.58. The van der Waals surface area contributed by atoms with Gasteiger partial charge in [-0.05, 0) is 88.5 Å². The van der Waals surface area contributed by atoms with Crippen molar-refractivity contribution in [2.24, 2.45) is 33.8 Å². The van der Waals surface area contributed by atoms with Crippen LogP contribution < -0.4 is 21.1 Å². The van der Waals surface area contributed by atoms with Crippen LogP contribution in [0.1, 0.15) is 122 Å². The van der Waals surface area contributed by atoms with E-state index in [9.17, 15) is 33.2 Å². The molecule has 1 fully saturated rings. The van der Waals surface area contributed by atoms with Crippen LogP contribution in [0.5, 0.6) is 5.75 Å². The van der Waals surface area contributed by atoms with Gasteiger partial charge in [-0.2, -0.15) is 14.7 Å². The number of carbonyl (C=O) groups excluding carboxylic acids is 3. The normalized spacial score (nSPS) is 17.5. The van der Waals surface area contributed by atoms with Crippen molar-refractivity contribution in [2.45, 2.75) is 150 Å². The summed E-state index contributed by atoms with van der Waals surface area (Å²) in [6.45, 7) is 30.9. The van der Waals surface area contributed by atoms with Crippen LogP contribution in [0.3, 0.4) is 0 Å². The van der Waals surface area contributed by atoms with Gasteiger partial charge in [0.05, 0.1) is 54.9 Å². The first-order valence-electron chi connectivity index (χ1n) is 26.7. The number of benzene rings is 1. The second kappa shape index (κ2) is 23.2. The van der Waals surface area contributed by atoms with Gasteiger partial charge in [-0.3, -0.25) is 14.3 Å². The Morgan fingerprint density at radius 3 is 2.13 bits per heavy atom. The van der Waals surface area contributed by atoms with Crippen LogP contribution in [0.25, 0.3) is 22.3 Å². The summed E-state index contributed by atoms with van der Waals surface area (Å²) in [5.41, 5.74) is 4.54. The van der Waals surface area contributed by atoms with E-state index in [4.69, 9.17) is 19.9 Å². The molecule has 422 valence electrons. The molecule has 0 saturated carbocycles. The fraction of sp³-hybridized carbons (Fsp3) is 0.655. The maximum Gasteiger partial charge on any atom is 0.420 e. The highest BCUT2D eigenvalue weighted by Crippen LogP contribution is 2.57. The molecule has 0 bridgehead atoms. The van der Waals surface area contributed by atoms with Crippen LogP contribution >= 0.6 is 0 Å². The van der Waals surface area contributed by atoms with E-state index < -0.39 is 61.6 Å². The molecule has 1 aliphatic rings. The summed E-state index contributed by atoms with van der Waals surface area (Å²) in [5.74, 6) is -0.955. The van der Waals surface area contributed by atoms with Crippen LogP contribution in [0.15, 0.2) is 55.2 Å². The molecule has 0 spiro atoms. The molecule has 1 aromatic carbocycles. The number of nitrogens with two attached hydrogens (primary N) is 1. The van der Waals surface area contributed by atoms with Crippen LogP contribution in [-0.2, 0) is 40.2 Å². The molecule has 5 unspecified atom stereocenters. The number of hydrogen-bond donors (Lipinski definition) is 4. The van der Waals surface area contributed by atoms with Crippen LogP contribution in [-0.4, -0.2) is 139 Å². The second-order valence-corrected chi connectivity index (χ2v) is 27.7. The Bertz CT molecular complexity index is 2870. The van der Waals surface area contributed by atoms with Crippen molar-refractivity contribution in [2.75, 3.05) is 51.8 Å². The number of nitrogens with zero attached hydrogens (tertiary/aromatic N) is 7. The van der Waals surface area contributed by atoms with Crippen molar-refractivity contribution < 1.29 is 42.1 Å². The van der Waals surface area contributed by atoms with Gasteiger partial charge in [0, 0.05) is 61.0 Å². The number of aromatic nitrogens is 5. The lowest BCUT2D eigenvalue weighted by Gasteiger charge is -2.56. The minimum atomic E-state index is -3.42. The zero-order valence-electron chi connectivity index (χ0n) is 48.8. The second-order valence-electron chi connectivity index (χ2n) is 25.4. The summed E-state index contributed by atoms with van der Waals surface area (Å²) in [6.07, 6.45) is 5.36. The van der Waals surface area contributed by atoms with E-state index in [2.05, 4.69) is 103 Å². The molecular weight excluding hydrogens is 998 g/mol. The van der Waals surface area contributed by atoms with E-state index in [1.807, 2.05) is 32.9 Å². The molecule has 4 heterocycles. The fourth-order valence-corrected chi connectivity index (χ4v) is 11.3. The average molecular weight is 1090 g/mol. The first-order valence-corrected chi connectivity index (χ1v) is 28.3. The van der Waals surface area contributed by atoms with Gasteiger partial charge in [-0.15, -0.1) is 0 Å². The van der Waals surface area contributed by atoms with E-state index >= 15 is 0 Å². The summed E-state index contributed by atoms with van der Waals surface area (Å²) in [6, 6.07) is 11.1. The van der Waals surface area contributed by atoms with Crippen molar-refractivity contribution in [3.05, 3.63) is 60.8 Å². The Labute approximate surface area is 459 Å². The first-order chi connectivity index (χ1) is 35.4. The molecule has 5 atom stereocenters. The minimum absolute atomic E-state index is 0.0325. The summed E-state index contributed by atoms with van der Waals surface area (Å²) in [5, 5.41) is 30.4. The fourth-order valence-electron chi connectivity index (χ4n) is 10.1. The van der Waals surface area contributed by atoms with Gasteiger partial charge in [0.1, 0.15) is 45.5 Å². The van der Waals surface area contributed by atoms with Crippen LogP contribution in [0.2, 0.25) is 10.6 Å². The molecule has 0 radical (unpaired) electrons. The maximum atomic E-state index is 14.5. The Hall–Kier alpha value is -5.33. The summed E-state index contributed by atoms with van der Waals surface area (Å²) in [4.78, 5) is 51.5. The van der Waals surface area contributed by atoms with Gasteiger partial charge in [0.25, 0.3) is 0 Å². The number of ether oxygens (including phenoxy) is 3. The van der Waals surface area contributed by atoms with Gasteiger partial charge in [-0.1, -0.05) is 85.1 Å². The quantitative estimate of drug-likeness (QED) is 0.0442. The van der Waals surface area contributed by atoms with E-state index in [1.165, 1.54) is 15.2 Å². The molecular formula is C55H86B2N10O9S. The average Bonchev–Trinajstić information content (AvgIpc) is 3.99. The number of aliphatic hydroxyl groups excluding tert-OH is 1. The molecule has 5 rings (SSSR count). The van der Waals surface area contributed by atoms with Crippen molar-refractivity contribution >= 4 is 54.7 Å². The topological polar surface area (TPSA) is 259 Å². The van der Waals surface area contributed by atoms with Gasteiger partial charge in [-0.25, -0.2) is 27.7 Å². The zero-order chi connectivity index (χ0) is 58.0.